The summed E-state index contributed by atoms with van der Waals surface area (Å²) in [4.78, 5) is 17.2. The van der Waals surface area contributed by atoms with Crippen LogP contribution in [0.15, 0.2) is 71.8 Å². The number of carbonyl (C=O) groups is 1. The van der Waals surface area contributed by atoms with E-state index in [0.717, 1.165) is 27.1 Å². The number of ether oxygens (including phenoxy) is 1. The van der Waals surface area contributed by atoms with E-state index in [4.69, 9.17) is 21.3 Å². The molecule has 2 aromatic carbocycles. The number of rotatable bonds is 8. The van der Waals surface area contributed by atoms with Gasteiger partial charge < -0.3 is 15.4 Å². The Morgan fingerprint density at radius 1 is 1.15 bits per heavy atom. The first-order valence-corrected chi connectivity index (χ1v) is 11.3. The Morgan fingerprint density at radius 3 is 2.73 bits per heavy atom. The molecule has 0 aliphatic carbocycles. The van der Waals surface area contributed by atoms with Crippen molar-refractivity contribution in [3.63, 3.8) is 0 Å². The molecule has 0 saturated carbocycles. The zero-order valence-corrected chi connectivity index (χ0v) is 20.2. The fourth-order valence-corrected chi connectivity index (χ4v) is 3.87. The molecule has 0 unspecified atom stereocenters. The van der Waals surface area contributed by atoms with Crippen molar-refractivity contribution in [3.05, 3.63) is 88.0 Å². The summed E-state index contributed by atoms with van der Waals surface area (Å²) in [6, 6.07) is 16.6. The molecule has 0 radical (unpaired) electrons. The molecular weight excluding hydrogens is 506 g/mol. The van der Waals surface area contributed by atoms with Gasteiger partial charge in [-0.1, -0.05) is 48.5 Å². The summed E-state index contributed by atoms with van der Waals surface area (Å²) in [5.41, 5.74) is 3.50. The summed E-state index contributed by atoms with van der Waals surface area (Å²) in [5, 5.41) is 11.2. The molecule has 0 aliphatic heterocycles. The van der Waals surface area contributed by atoms with Crippen molar-refractivity contribution in [1.29, 1.82) is 0 Å². The van der Waals surface area contributed by atoms with Crippen molar-refractivity contribution in [2.45, 2.75) is 0 Å². The Labute approximate surface area is 204 Å². The van der Waals surface area contributed by atoms with Gasteiger partial charge in [-0.2, -0.15) is 9.61 Å². The van der Waals surface area contributed by atoms with Crippen molar-refractivity contribution < 1.29 is 9.53 Å². The lowest BCUT2D eigenvalue weighted by atomic mass is 10.1. The van der Waals surface area contributed by atoms with Crippen LogP contribution in [0.1, 0.15) is 15.9 Å². The zero-order chi connectivity index (χ0) is 23.4. The fourth-order valence-electron chi connectivity index (χ4n) is 3.29. The van der Waals surface area contributed by atoms with E-state index in [1.807, 2.05) is 36.4 Å². The van der Waals surface area contributed by atoms with Crippen LogP contribution in [0.3, 0.4) is 0 Å². The third-order valence-electron chi connectivity index (χ3n) is 4.99. The number of methoxy groups -OCH3 is 1. The van der Waals surface area contributed by atoms with Gasteiger partial charge in [-0.25, -0.2) is 4.98 Å². The van der Waals surface area contributed by atoms with Crippen LogP contribution >= 0.6 is 27.5 Å². The van der Waals surface area contributed by atoms with Crippen LogP contribution in [0.2, 0.25) is 5.02 Å². The Hall–Kier alpha value is -3.36. The number of benzene rings is 2. The maximum absolute atomic E-state index is 12.6. The number of anilines is 1. The number of fused-ring (bicyclic) bond motifs is 1. The molecular formula is C24H21BrClN5O2. The third-order valence-corrected chi connectivity index (χ3v) is 5.88. The molecule has 0 fully saturated rings. The molecule has 0 atom stereocenters. The Morgan fingerprint density at radius 2 is 1.94 bits per heavy atom. The van der Waals surface area contributed by atoms with Crippen molar-refractivity contribution in [3.8, 4) is 11.3 Å². The predicted octanol–water partition coefficient (Wildman–Crippen LogP) is 5.27. The summed E-state index contributed by atoms with van der Waals surface area (Å²) in [7, 11) is 1.55. The van der Waals surface area contributed by atoms with Crippen LogP contribution in [0, 0.1) is 0 Å². The number of amides is 1. The molecule has 9 heteroatoms. The highest BCUT2D eigenvalue weighted by atomic mass is 79.9. The third kappa shape index (κ3) is 5.02. The highest BCUT2D eigenvalue weighted by Crippen LogP contribution is 2.30. The molecule has 0 bridgehead atoms. The average molecular weight is 527 g/mol. The number of nitrogens with zero attached hydrogens (tertiary/aromatic N) is 3. The summed E-state index contributed by atoms with van der Waals surface area (Å²) in [6.45, 7) is 4.71. The molecule has 0 spiro atoms. The van der Waals surface area contributed by atoms with E-state index < -0.39 is 0 Å². The van der Waals surface area contributed by atoms with Crippen molar-refractivity contribution in [2.75, 3.05) is 25.5 Å². The molecule has 1 amide bonds. The van der Waals surface area contributed by atoms with Gasteiger partial charge in [0, 0.05) is 40.9 Å². The molecule has 4 rings (SSSR count). The predicted molar refractivity (Wildman–Crippen MR) is 134 cm³/mol. The summed E-state index contributed by atoms with van der Waals surface area (Å²) in [5.74, 6) is 1.06. The Balaban J connectivity index is 1.47. The first kappa shape index (κ1) is 22.8. The molecule has 2 N–H and O–H groups in total. The van der Waals surface area contributed by atoms with E-state index in [1.54, 1.807) is 36.0 Å². The highest BCUT2D eigenvalue weighted by molar-refractivity contribution is 9.10. The maximum Gasteiger partial charge on any atom is 0.251 e. The minimum absolute atomic E-state index is 0.180. The van der Waals surface area contributed by atoms with Crippen LogP contribution in [0.5, 0.6) is 0 Å². The van der Waals surface area contributed by atoms with Crippen molar-refractivity contribution >= 4 is 50.7 Å². The largest absolute Gasteiger partial charge is 0.497 e. The summed E-state index contributed by atoms with van der Waals surface area (Å²) >= 11 is 9.88. The monoisotopic (exact) mass is 525 g/mol. The van der Waals surface area contributed by atoms with Gasteiger partial charge in [0.05, 0.1) is 23.5 Å². The molecule has 0 aliphatic rings. The van der Waals surface area contributed by atoms with Gasteiger partial charge in [0.2, 0.25) is 0 Å². The second-order valence-corrected chi connectivity index (χ2v) is 8.39. The first-order valence-electron chi connectivity index (χ1n) is 10.1. The molecule has 0 saturated heterocycles. The van der Waals surface area contributed by atoms with Crippen molar-refractivity contribution in [2.24, 2.45) is 0 Å². The van der Waals surface area contributed by atoms with Gasteiger partial charge in [0.1, 0.15) is 11.6 Å². The Kier molecular flexibility index (Phi) is 6.96. The van der Waals surface area contributed by atoms with E-state index in [2.05, 4.69) is 38.2 Å². The van der Waals surface area contributed by atoms with E-state index in [9.17, 15) is 4.79 Å². The van der Waals surface area contributed by atoms with E-state index in [-0.39, 0.29) is 5.91 Å². The van der Waals surface area contributed by atoms with Crippen LogP contribution in [0.4, 0.5) is 5.82 Å². The van der Waals surface area contributed by atoms with Crippen LogP contribution in [0.25, 0.3) is 22.7 Å². The lowest BCUT2D eigenvalue weighted by molar-refractivity contribution is 0.0955. The highest BCUT2D eigenvalue weighted by Gasteiger charge is 2.13. The molecule has 4 aromatic rings. The first-order chi connectivity index (χ1) is 16.0. The second-order valence-electron chi connectivity index (χ2n) is 7.13. The van der Waals surface area contributed by atoms with Gasteiger partial charge >= 0.3 is 0 Å². The standard InChI is InChI=1S/C24H21BrClN5O2/c1-15(33-2)16-6-5-7-17(12-16)24(32)28-11-10-27-22-13-21(18-8-3-4-9-20(18)26)30-23-19(25)14-29-31(22)23/h3-9,12-14,27H,1,10-11H2,2H3,(H,28,32). The quantitative estimate of drug-likeness (QED) is 0.241. The minimum Gasteiger partial charge on any atom is -0.497 e. The number of carbonyl (C=O) groups excluding carboxylic acids is 1. The van der Waals surface area contributed by atoms with Gasteiger partial charge in [0.15, 0.2) is 5.65 Å². The number of hydrogen-bond acceptors (Lipinski definition) is 5. The van der Waals surface area contributed by atoms with Crippen LogP contribution in [-0.4, -0.2) is 40.7 Å². The zero-order valence-electron chi connectivity index (χ0n) is 17.8. The Bertz CT molecular complexity index is 1340. The number of halogens is 2. The topological polar surface area (TPSA) is 80.5 Å². The van der Waals surface area contributed by atoms with Crippen LogP contribution < -0.4 is 10.6 Å². The summed E-state index contributed by atoms with van der Waals surface area (Å²) < 4.78 is 7.61. The van der Waals surface area contributed by atoms with E-state index >= 15 is 0 Å². The minimum atomic E-state index is -0.180. The average Bonchev–Trinajstić information content (AvgIpc) is 3.22. The van der Waals surface area contributed by atoms with Crippen LogP contribution in [-0.2, 0) is 4.74 Å². The van der Waals surface area contributed by atoms with E-state index in [0.29, 0.717) is 35.1 Å². The summed E-state index contributed by atoms with van der Waals surface area (Å²) in [6.07, 6.45) is 1.69. The second kappa shape index (κ2) is 10.1. The van der Waals surface area contributed by atoms with Gasteiger partial charge in [-0.05, 0) is 34.1 Å². The molecule has 168 valence electrons. The molecule has 7 nitrogen and oxygen atoms in total. The maximum atomic E-state index is 12.6. The number of nitrogens with one attached hydrogen (secondary N) is 2. The SMILES string of the molecule is C=C(OC)c1cccc(C(=O)NCCNc2cc(-c3ccccc3Cl)nc3c(Br)cnn23)c1. The van der Waals surface area contributed by atoms with Gasteiger partial charge in [0.25, 0.3) is 5.91 Å². The number of aromatic nitrogens is 3. The van der Waals surface area contributed by atoms with Gasteiger partial charge in [-0.3, -0.25) is 4.79 Å². The van der Waals surface area contributed by atoms with Crippen molar-refractivity contribution in [1.82, 2.24) is 19.9 Å². The lowest BCUT2D eigenvalue weighted by Crippen LogP contribution is -2.29. The van der Waals surface area contributed by atoms with Gasteiger partial charge in [-0.15, -0.1) is 0 Å². The molecule has 2 heterocycles. The number of hydrogen-bond donors (Lipinski definition) is 2. The normalized spacial score (nSPS) is 10.8. The fraction of sp³-hybridized carbons (Fsp3) is 0.125. The lowest BCUT2D eigenvalue weighted by Gasteiger charge is -2.12. The molecule has 2 aromatic heterocycles. The molecule has 33 heavy (non-hydrogen) atoms. The smallest absolute Gasteiger partial charge is 0.251 e. The van der Waals surface area contributed by atoms with E-state index in [1.165, 1.54) is 0 Å².